The minimum absolute atomic E-state index is 0. The van der Waals surface area contributed by atoms with Crippen molar-refractivity contribution >= 4 is 115 Å². The fourth-order valence-corrected chi connectivity index (χ4v) is 13.3. The number of imidazole rings is 4. The van der Waals surface area contributed by atoms with E-state index in [4.69, 9.17) is 58.5 Å². The fourth-order valence-electron chi connectivity index (χ4n) is 12.9. The number of amides is 4. The minimum Gasteiger partial charge on any atom is -0.508 e. The minimum atomic E-state index is -0.541. The summed E-state index contributed by atoms with van der Waals surface area (Å²) in [5, 5.41) is 10.1. The molecule has 8 aromatic heterocycles. The number of phenolic OH excluding ortho intramolecular Hbond substituents is 1. The molecular weight excluding hydrogens is 1740 g/mol. The van der Waals surface area contributed by atoms with Crippen molar-refractivity contribution in [2.24, 2.45) is 5.92 Å². The Morgan fingerprint density at radius 3 is 1.00 bits per heavy atom. The first-order valence-electron chi connectivity index (χ1n) is 41.2. The number of phenols is 1. The molecule has 0 atom stereocenters. The zero-order valence-corrected chi connectivity index (χ0v) is 75.4. The number of aromatic amines is 3. The maximum absolute atomic E-state index is 12.8. The SMILES string of the molecule is C.CC(=O)N1CC(c2nccnc2Oc2ccc(C(=O)c3nc4ccccc4[nH]3)cc2)C1.CC(=O)n1ccnc1.CC(C)(C)OC(=O)N1CC(c2nccnc2Cl)C1.CC(C)(C)OC(=O)N1CC(c2nccnc2Oc2ccc(C(=O)c3nc4ccccc4[nH]3)cc2)C1.CC1CN(C(=O)OC(C)(C)C)C1.Clc1nccnc1Cl.O=C(c1ccc(O)cc1)c1nc2ccccc2[nH]1. The number of hydrogen-bond acceptors (Lipinski definition) is 26. The average molecular weight is 1840 g/mol. The Hall–Kier alpha value is -14.5. The summed E-state index contributed by atoms with van der Waals surface area (Å²) in [4.78, 5) is 160. The van der Waals surface area contributed by atoms with Crippen molar-refractivity contribution in [3.8, 4) is 29.0 Å². The van der Waals surface area contributed by atoms with Crippen molar-refractivity contribution in [3.05, 3.63) is 281 Å². The molecule has 4 aliphatic heterocycles. The van der Waals surface area contributed by atoms with E-state index >= 15 is 0 Å². The highest BCUT2D eigenvalue weighted by atomic mass is 35.5. The monoisotopic (exact) mass is 1840 g/mol. The number of aromatic hydroxyl groups is 1. The molecule has 0 bridgehead atoms. The van der Waals surface area contributed by atoms with Crippen LogP contribution in [0.2, 0.25) is 15.5 Å². The molecule has 18 rings (SSSR count). The van der Waals surface area contributed by atoms with Crippen LogP contribution in [0.1, 0.15) is 179 Å². The standard InChI is InChI=1S/C26H25N5O4.C23H19N5O3.C14H10N2O2.C12H16ClN3O2.C9H17NO2.C5H6N2O.C4H2Cl2N2.CH4/c1-26(2,3)35-25(33)31-14-17(15-31)21-24(28-13-12-27-21)34-18-10-8-16(9-11-18)22(32)23-29-19-6-4-5-7-20(19)30-23;1-14(29)28-12-16(13-28)20-23(25-11-10-24-20)31-17-8-6-15(7-9-17)21(30)22-26-18-4-2-3-5-19(18)27-22;17-10-7-5-9(6-8-10)13(18)14-15-11-3-1-2-4-12(11)16-14;1-12(2,3)18-11(17)16-6-8(7-16)9-10(13)15-5-4-14-9;1-7-5-10(6-7)8(11)12-9(2,3)4;1-5(8)7-3-2-6-4-7;5-3-4(6)8-2-1-7-3;/h4-13,17H,14-15H2,1-3H3,(H,29,30);2-11,16H,12-13H2,1H3,(H,26,27);1-8,17H,(H,15,16);4-5,8H,6-7H2,1-3H3;7H,5-6H2,1-4H3;2-4H,1H3;1-2H;1H4. The van der Waals surface area contributed by atoms with Gasteiger partial charge in [-0.1, -0.05) is 85.6 Å². The molecule has 0 unspecified atom stereocenters. The second-order valence-electron chi connectivity index (χ2n) is 33.2. The van der Waals surface area contributed by atoms with Crippen LogP contribution in [0.3, 0.4) is 0 Å². The summed E-state index contributed by atoms with van der Waals surface area (Å²) in [6.45, 7) is 26.9. The summed E-state index contributed by atoms with van der Waals surface area (Å²) >= 11 is 16.8. The van der Waals surface area contributed by atoms with Gasteiger partial charge in [0.2, 0.25) is 40.9 Å². The number of benzene rings is 6. The van der Waals surface area contributed by atoms with Crippen molar-refractivity contribution in [3.63, 3.8) is 0 Å². The summed E-state index contributed by atoms with van der Waals surface area (Å²) in [5.41, 5.74) is 6.98. The van der Waals surface area contributed by atoms with E-state index in [0.29, 0.717) is 108 Å². The van der Waals surface area contributed by atoms with Crippen LogP contribution in [0.5, 0.6) is 29.0 Å². The first-order valence-corrected chi connectivity index (χ1v) is 42.3. The van der Waals surface area contributed by atoms with E-state index in [1.54, 1.807) is 137 Å². The molecule has 0 spiro atoms. The van der Waals surface area contributed by atoms with Gasteiger partial charge in [-0.2, -0.15) is 0 Å². The average Bonchev–Trinajstić information content (AvgIpc) is 1.60. The number of carbonyl (C=O) groups is 8. The Balaban J connectivity index is 0.000000157. The molecule has 0 radical (unpaired) electrons. The second kappa shape index (κ2) is 43.5. The number of likely N-dealkylation sites (tertiary alicyclic amines) is 4. The Morgan fingerprint density at radius 1 is 0.382 bits per heavy atom. The lowest BCUT2D eigenvalue weighted by molar-refractivity contribution is -0.133. The normalized spacial score (nSPS) is 13.5. The zero-order valence-electron chi connectivity index (χ0n) is 73.2. The highest BCUT2D eigenvalue weighted by Crippen LogP contribution is 2.37. The molecule has 34 nitrogen and oxygen atoms in total. The Kier molecular flexibility index (Phi) is 32.3. The molecule has 0 saturated carbocycles. The molecule has 4 saturated heterocycles. The molecule has 12 heterocycles. The number of hydrogen-bond donors (Lipinski definition) is 4. The number of para-hydroxylation sites is 6. The van der Waals surface area contributed by atoms with Crippen molar-refractivity contribution in [2.45, 2.75) is 125 Å². The van der Waals surface area contributed by atoms with Crippen molar-refractivity contribution in [2.75, 3.05) is 52.4 Å². The maximum atomic E-state index is 12.8. The third-order valence-corrected chi connectivity index (χ3v) is 20.4. The van der Waals surface area contributed by atoms with Crippen molar-refractivity contribution in [1.82, 2.24) is 98.9 Å². The number of fused-ring (bicyclic) bond motifs is 3. The van der Waals surface area contributed by atoms with E-state index in [2.05, 4.69) is 81.7 Å². The lowest BCUT2D eigenvalue weighted by Crippen LogP contribution is -2.50. The predicted octanol–water partition coefficient (Wildman–Crippen LogP) is 17.8. The van der Waals surface area contributed by atoms with Gasteiger partial charge in [-0.3, -0.25) is 43.5 Å². The highest BCUT2D eigenvalue weighted by Gasteiger charge is 2.40. The smallest absolute Gasteiger partial charge is 0.410 e. The van der Waals surface area contributed by atoms with Gasteiger partial charge in [-0.15, -0.1) is 0 Å². The molecule has 131 heavy (non-hydrogen) atoms. The third-order valence-electron chi connectivity index (χ3n) is 19.4. The Labute approximate surface area is 769 Å². The summed E-state index contributed by atoms with van der Waals surface area (Å²) in [6.07, 6.45) is 16.3. The van der Waals surface area contributed by atoms with Gasteiger partial charge in [0.05, 0.1) is 38.8 Å². The molecule has 4 aliphatic rings. The van der Waals surface area contributed by atoms with Gasteiger partial charge < -0.3 is 63.3 Å². The number of H-pyrrole nitrogens is 3. The van der Waals surface area contributed by atoms with Crippen LogP contribution in [-0.2, 0) is 19.0 Å². The van der Waals surface area contributed by atoms with E-state index < -0.39 is 11.2 Å². The van der Waals surface area contributed by atoms with E-state index in [1.807, 2.05) is 135 Å². The van der Waals surface area contributed by atoms with Gasteiger partial charge in [0, 0.05) is 163 Å². The van der Waals surface area contributed by atoms with Crippen LogP contribution in [0.15, 0.2) is 214 Å². The predicted molar refractivity (Wildman–Crippen MR) is 491 cm³/mol. The van der Waals surface area contributed by atoms with E-state index in [-0.39, 0.29) is 100 Å². The van der Waals surface area contributed by atoms with Gasteiger partial charge in [0.25, 0.3) is 0 Å². The first kappa shape index (κ1) is 97.1. The summed E-state index contributed by atoms with van der Waals surface area (Å²) in [5.74, 6) is 3.22. The van der Waals surface area contributed by atoms with Crippen LogP contribution in [0.25, 0.3) is 33.1 Å². The quantitative estimate of drug-likeness (QED) is 0.0615. The molecule has 37 heteroatoms. The van der Waals surface area contributed by atoms with Crippen LogP contribution in [0, 0.1) is 5.92 Å². The molecule has 6 aromatic carbocycles. The number of rotatable bonds is 13. The van der Waals surface area contributed by atoms with Gasteiger partial charge in [0.15, 0.2) is 32.9 Å². The number of ketones is 3. The number of carbonyl (C=O) groups excluding carboxylic acids is 8. The summed E-state index contributed by atoms with van der Waals surface area (Å²) < 4.78 is 29.2. The third kappa shape index (κ3) is 27.1. The summed E-state index contributed by atoms with van der Waals surface area (Å²) in [6, 6.07) is 42.2. The summed E-state index contributed by atoms with van der Waals surface area (Å²) in [7, 11) is 0. The molecule has 4 N–H and O–H groups in total. The molecule has 680 valence electrons. The highest BCUT2D eigenvalue weighted by molar-refractivity contribution is 6.40. The zero-order chi connectivity index (χ0) is 93.1. The Morgan fingerprint density at radius 2 is 0.695 bits per heavy atom. The van der Waals surface area contributed by atoms with Gasteiger partial charge >= 0.3 is 18.3 Å². The number of nitrogens with zero attached hydrogens (tertiary/aromatic N) is 17. The van der Waals surface area contributed by atoms with Crippen molar-refractivity contribution in [1.29, 1.82) is 0 Å². The number of nitrogens with one attached hydrogen (secondary N) is 3. The van der Waals surface area contributed by atoms with E-state index in [1.165, 1.54) is 42.3 Å². The first-order chi connectivity index (χ1) is 61.9. The van der Waals surface area contributed by atoms with Gasteiger partial charge in [0.1, 0.15) is 51.8 Å². The molecule has 0 aliphatic carbocycles. The lowest BCUT2D eigenvalue weighted by atomic mass is 9.96. The number of aromatic nitrogens is 16. The second-order valence-corrected chi connectivity index (χ2v) is 34.3. The molecule has 4 amide bonds. The fraction of sp³-hybridized carbons (Fsp3) is 0.298. The number of ether oxygens (including phenoxy) is 5. The largest absolute Gasteiger partial charge is 0.508 e. The molecular formula is C94H99Cl3N20O14. The van der Waals surface area contributed by atoms with E-state index in [9.17, 15) is 43.5 Å². The maximum Gasteiger partial charge on any atom is 0.410 e. The lowest BCUT2D eigenvalue weighted by Gasteiger charge is -2.39. The van der Waals surface area contributed by atoms with E-state index in [0.717, 1.165) is 57.6 Å². The Bertz CT molecular complexity index is 6170. The van der Waals surface area contributed by atoms with Crippen LogP contribution < -0.4 is 9.47 Å². The van der Waals surface area contributed by atoms with Crippen LogP contribution in [-0.4, -0.2) is 221 Å². The molecule has 4 fully saturated rings. The topological polar surface area (TPSA) is 423 Å². The van der Waals surface area contributed by atoms with Gasteiger partial charge in [-0.05, 0) is 177 Å². The van der Waals surface area contributed by atoms with Crippen LogP contribution >= 0.6 is 34.8 Å². The van der Waals surface area contributed by atoms with Crippen LogP contribution in [0.4, 0.5) is 14.4 Å². The number of halogens is 3. The van der Waals surface area contributed by atoms with Crippen molar-refractivity contribution < 1.29 is 67.1 Å². The van der Waals surface area contributed by atoms with Gasteiger partial charge in [-0.25, -0.2) is 59.2 Å². The molecule has 14 aromatic rings.